The number of likely N-dealkylation sites (tertiary alicyclic amines) is 1. The summed E-state index contributed by atoms with van der Waals surface area (Å²) in [6.45, 7) is 1.93. The van der Waals surface area contributed by atoms with Gasteiger partial charge < -0.3 is 0 Å². The van der Waals surface area contributed by atoms with Crippen LogP contribution in [0.15, 0.2) is 0 Å². The van der Waals surface area contributed by atoms with Crippen molar-refractivity contribution in [3.8, 4) is 0 Å². The Balaban J connectivity index is 1.72. The average Bonchev–Trinajstić information content (AvgIpc) is 3.01. The van der Waals surface area contributed by atoms with E-state index < -0.39 is 10.0 Å². The van der Waals surface area contributed by atoms with E-state index in [-0.39, 0.29) is 11.8 Å². The maximum Gasteiger partial charge on any atom is 0.211 e. The largest absolute Gasteiger partial charge is 0.299 e. The Hall–Kier alpha value is 0.160. The standard InChI is InChI=1S/C11H21ClN2O2S/c12-6-1-2-8-17(15,16)13-10-5-7-14(9-10)11-3-4-11/h10-11,13H,1-9H2. The fourth-order valence-electron chi connectivity index (χ4n) is 2.35. The molecule has 6 heteroatoms. The Morgan fingerprint density at radius 1 is 1.24 bits per heavy atom. The normalized spacial score (nSPS) is 26.5. The molecule has 1 aliphatic carbocycles. The minimum atomic E-state index is -3.10. The third-order valence-corrected chi connectivity index (χ3v) is 5.21. The molecule has 0 spiro atoms. The number of sulfonamides is 1. The van der Waals surface area contributed by atoms with Crippen molar-refractivity contribution in [1.29, 1.82) is 0 Å². The Labute approximate surface area is 109 Å². The molecule has 0 amide bonds. The SMILES string of the molecule is O=S(=O)(CCCCCl)NC1CCN(C2CC2)C1. The second-order valence-electron chi connectivity index (χ2n) is 5.04. The molecule has 1 aliphatic heterocycles. The minimum absolute atomic E-state index is 0.122. The molecule has 1 saturated carbocycles. The van der Waals surface area contributed by atoms with Crippen LogP contribution in [0, 0.1) is 0 Å². The van der Waals surface area contributed by atoms with E-state index in [2.05, 4.69) is 9.62 Å². The van der Waals surface area contributed by atoms with Gasteiger partial charge in [-0.25, -0.2) is 13.1 Å². The van der Waals surface area contributed by atoms with Crippen LogP contribution in [0.2, 0.25) is 0 Å². The van der Waals surface area contributed by atoms with Crippen molar-refractivity contribution >= 4 is 21.6 Å². The van der Waals surface area contributed by atoms with Gasteiger partial charge >= 0.3 is 0 Å². The average molecular weight is 281 g/mol. The third kappa shape index (κ3) is 4.39. The lowest BCUT2D eigenvalue weighted by Gasteiger charge is -2.15. The van der Waals surface area contributed by atoms with Gasteiger partial charge in [0.15, 0.2) is 0 Å². The lowest BCUT2D eigenvalue weighted by molar-refractivity contribution is 0.322. The second kappa shape index (κ2) is 5.87. The van der Waals surface area contributed by atoms with E-state index in [0.29, 0.717) is 12.3 Å². The van der Waals surface area contributed by atoms with E-state index in [1.807, 2.05) is 0 Å². The van der Waals surface area contributed by atoms with E-state index >= 15 is 0 Å². The van der Waals surface area contributed by atoms with Crippen LogP contribution in [0.3, 0.4) is 0 Å². The molecule has 1 saturated heterocycles. The van der Waals surface area contributed by atoms with Gasteiger partial charge in [-0.1, -0.05) is 0 Å². The van der Waals surface area contributed by atoms with Crippen LogP contribution in [0.4, 0.5) is 0 Å². The number of hydrogen-bond donors (Lipinski definition) is 1. The highest BCUT2D eigenvalue weighted by atomic mass is 35.5. The number of rotatable bonds is 7. The smallest absolute Gasteiger partial charge is 0.211 e. The summed E-state index contributed by atoms with van der Waals surface area (Å²) in [5, 5.41) is 0. The number of alkyl halides is 1. The van der Waals surface area contributed by atoms with Gasteiger partial charge in [0.05, 0.1) is 5.75 Å². The fourth-order valence-corrected chi connectivity index (χ4v) is 3.95. The summed E-state index contributed by atoms with van der Waals surface area (Å²) in [5.74, 6) is 0.744. The maximum atomic E-state index is 11.8. The fraction of sp³-hybridized carbons (Fsp3) is 1.00. The molecule has 0 aromatic carbocycles. The van der Waals surface area contributed by atoms with Gasteiger partial charge in [0.25, 0.3) is 0 Å². The Morgan fingerprint density at radius 2 is 2.00 bits per heavy atom. The van der Waals surface area contributed by atoms with Crippen molar-refractivity contribution in [2.45, 2.75) is 44.2 Å². The first-order chi connectivity index (χ1) is 8.11. The predicted octanol–water partition coefficient (Wildman–Crippen LogP) is 1.16. The first-order valence-electron chi connectivity index (χ1n) is 6.41. The van der Waals surface area contributed by atoms with Crippen molar-refractivity contribution in [1.82, 2.24) is 9.62 Å². The molecule has 100 valence electrons. The number of hydrogen-bond acceptors (Lipinski definition) is 3. The van der Waals surface area contributed by atoms with Gasteiger partial charge in [-0.15, -0.1) is 11.6 Å². The summed E-state index contributed by atoms with van der Waals surface area (Å²) >= 11 is 5.54. The highest BCUT2D eigenvalue weighted by Gasteiger charge is 2.35. The predicted molar refractivity (Wildman–Crippen MR) is 69.9 cm³/mol. The molecule has 0 radical (unpaired) electrons. The zero-order chi connectivity index (χ0) is 12.3. The molecule has 0 aromatic rings. The highest BCUT2D eigenvalue weighted by Crippen LogP contribution is 2.29. The second-order valence-corrected chi connectivity index (χ2v) is 7.30. The summed E-state index contributed by atoms with van der Waals surface area (Å²) in [7, 11) is -3.10. The first-order valence-corrected chi connectivity index (χ1v) is 8.59. The molecule has 0 bridgehead atoms. The first kappa shape index (κ1) is 13.6. The molecule has 1 unspecified atom stereocenters. The lowest BCUT2D eigenvalue weighted by Crippen LogP contribution is -2.38. The number of nitrogens with one attached hydrogen (secondary N) is 1. The Bertz CT molecular complexity index is 343. The molecule has 0 aromatic heterocycles. The van der Waals surface area contributed by atoms with Crippen LogP contribution >= 0.6 is 11.6 Å². The van der Waals surface area contributed by atoms with Crippen LogP contribution < -0.4 is 4.72 Å². The lowest BCUT2D eigenvalue weighted by atomic mass is 10.3. The van der Waals surface area contributed by atoms with E-state index in [4.69, 9.17) is 11.6 Å². The van der Waals surface area contributed by atoms with Gasteiger partial charge in [0.1, 0.15) is 0 Å². The van der Waals surface area contributed by atoms with Gasteiger partial charge in [-0.3, -0.25) is 4.90 Å². The zero-order valence-electron chi connectivity index (χ0n) is 10.1. The van der Waals surface area contributed by atoms with Crippen molar-refractivity contribution in [3.63, 3.8) is 0 Å². The van der Waals surface area contributed by atoms with Crippen molar-refractivity contribution < 1.29 is 8.42 Å². The van der Waals surface area contributed by atoms with Crippen LogP contribution in [-0.4, -0.2) is 50.1 Å². The van der Waals surface area contributed by atoms with Gasteiger partial charge in [0.2, 0.25) is 10.0 Å². The van der Waals surface area contributed by atoms with Crippen molar-refractivity contribution in [2.75, 3.05) is 24.7 Å². The quantitative estimate of drug-likeness (QED) is 0.562. The van der Waals surface area contributed by atoms with Crippen LogP contribution in [-0.2, 0) is 10.0 Å². The van der Waals surface area contributed by atoms with E-state index in [1.165, 1.54) is 12.8 Å². The van der Waals surface area contributed by atoms with Crippen LogP contribution in [0.25, 0.3) is 0 Å². The molecular weight excluding hydrogens is 260 g/mol. The van der Waals surface area contributed by atoms with Gasteiger partial charge in [-0.05, 0) is 32.1 Å². The minimum Gasteiger partial charge on any atom is -0.299 e. The topological polar surface area (TPSA) is 49.4 Å². The molecule has 4 nitrogen and oxygen atoms in total. The molecule has 1 heterocycles. The summed E-state index contributed by atoms with van der Waals surface area (Å²) in [6, 6.07) is 0.859. The molecule has 17 heavy (non-hydrogen) atoms. The van der Waals surface area contributed by atoms with E-state index in [9.17, 15) is 8.42 Å². The molecule has 2 rings (SSSR count). The van der Waals surface area contributed by atoms with Crippen LogP contribution in [0.5, 0.6) is 0 Å². The van der Waals surface area contributed by atoms with E-state index in [0.717, 1.165) is 32.0 Å². The highest BCUT2D eigenvalue weighted by molar-refractivity contribution is 7.89. The van der Waals surface area contributed by atoms with E-state index in [1.54, 1.807) is 0 Å². The maximum absolute atomic E-state index is 11.8. The molecule has 1 atom stereocenters. The van der Waals surface area contributed by atoms with Gasteiger partial charge in [-0.2, -0.15) is 0 Å². The Morgan fingerprint density at radius 3 is 2.65 bits per heavy atom. The van der Waals surface area contributed by atoms with Gasteiger partial charge in [0, 0.05) is 31.1 Å². The van der Waals surface area contributed by atoms with Crippen molar-refractivity contribution in [2.24, 2.45) is 0 Å². The molecule has 2 aliphatic rings. The molecular formula is C11H21ClN2O2S. The summed E-state index contributed by atoms with van der Waals surface area (Å²) in [6.07, 6.45) is 4.94. The number of unbranched alkanes of at least 4 members (excludes halogenated alkanes) is 1. The summed E-state index contributed by atoms with van der Waals surface area (Å²) in [4.78, 5) is 2.41. The number of halogens is 1. The van der Waals surface area contributed by atoms with Crippen LogP contribution in [0.1, 0.15) is 32.1 Å². The molecule has 1 N–H and O–H groups in total. The van der Waals surface area contributed by atoms with Crippen molar-refractivity contribution in [3.05, 3.63) is 0 Å². The third-order valence-electron chi connectivity index (χ3n) is 3.43. The Kier molecular flexibility index (Phi) is 4.69. The number of nitrogens with zero attached hydrogens (tertiary/aromatic N) is 1. The monoisotopic (exact) mass is 280 g/mol. The summed E-state index contributed by atoms with van der Waals surface area (Å²) < 4.78 is 26.4. The summed E-state index contributed by atoms with van der Waals surface area (Å²) in [5.41, 5.74) is 0. The molecule has 2 fully saturated rings. The zero-order valence-corrected chi connectivity index (χ0v) is 11.6.